The Balaban J connectivity index is 2.05. The quantitative estimate of drug-likeness (QED) is 0.701. The first-order valence-electron chi connectivity index (χ1n) is 6.62. The van der Waals surface area contributed by atoms with Crippen LogP contribution in [0.15, 0.2) is 61.4 Å². The summed E-state index contributed by atoms with van der Waals surface area (Å²) < 4.78 is 1.38. The van der Waals surface area contributed by atoms with Gasteiger partial charge in [0.05, 0.1) is 12.2 Å². The average Bonchev–Trinajstić information content (AvgIpc) is 3.08. The highest BCUT2D eigenvalue weighted by Crippen LogP contribution is 2.25. The minimum atomic E-state index is -1.87. The summed E-state index contributed by atoms with van der Waals surface area (Å²) in [5, 5.41) is 15.0. The number of nitrogens with zero attached hydrogens (tertiary/aromatic N) is 5. The molecule has 3 rings (SSSR count). The lowest BCUT2D eigenvalue weighted by molar-refractivity contribution is 0.0153. The van der Waals surface area contributed by atoms with Gasteiger partial charge in [0, 0.05) is 12.4 Å². The third kappa shape index (κ3) is 2.61. The first-order valence-corrected chi connectivity index (χ1v) is 6.62. The molecule has 110 valence electrons. The number of rotatable bonds is 5. The van der Waals surface area contributed by atoms with Crippen LogP contribution in [-0.4, -0.2) is 35.6 Å². The lowest BCUT2D eigenvalue weighted by atomic mass is 9.91. The third-order valence-electron chi connectivity index (χ3n) is 3.22. The number of aromatic nitrogens is 5. The summed E-state index contributed by atoms with van der Waals surface area (Å²) in [7, 11) is 0. The van der Waals surface area contributed by atoms with Gasteiger partial charge in [0.2, 0.25) is 5.78 Å². The van der Waals surface area contributed by atoms with E-state index in [-0.39, 0.29) is 17.9 Å². The molecule has 0 fully saturated rings. The van der Waals surface area contributed by atoms with E-state index in [2.05, 4.69) is 20.1 Å². The molecule has 0 saturated heterocycles. The Hall–Kier alpha value is -2.93. The summed E-state index contributed by atoms with van der Waals surface area (Å²) in [4.78, 5) is 24.7. The number of pyridine rings is 2. The van der Waals surface area contributed by atoms with Gasteiger partial charge in [-0.3, -0.25) is 14.8 Å². The maximum absolute atomic E-state index is 12.8. The topological polar surface area (TPSA) is 93.8 Å². The summed E-state index contributed by atoms with van der Waals surface area (Å²) in [6.45, 7) is -0.0978. The molecule has 0 aromatic carbocycles. The molecule has 0 bridgehead atoms. The maximum atomic E-state index is 12.8. The molecule has 3 heterocycles. The monoisotopic (exact) mass is 295 g/mol. The number of hydrogen-bond acceptors (Lipinski definition) is 6. The number of ketones is 1. The Morgan fingerprint density at radius 2 is 1.91 bits per heavy atom. The predicted octanol–water partition coefficient (Wildman–Crippen LogP) is 0.839. The molecule has 7 nitrogen and oxygen atoms in total. The van der Waals surface area contributed by atoms with Crippen LogP contribution in [0.5, 0.6) is 0 Å². The van der Waals surface area contributed by atoms with E-state index in [0.717, 1.165) is 0 Å². The van der Waals surface area contributed by atoms with Crippen molar-refractivity contribution >= 4 is 5.78 Å². The van der Waals surface area contributed by atoms with Crippen molar-refractivity contribution < 1.29 is 9.90 Å². The molecule has 0 spiro atoms. The van der Waals surface area contributed by atoms with Crippen molar-refractivity contribution in [2.45, 2.75) is 12.1 Å². The fourth-order valence-corrected chi connectivity index (χ4v) is 2.13. The van der Waals surface area contributed by atoms with Crippen LogP contribution in [0.3, 0.4) is 0 Å². The van der Waals surface area contributed by atoms with Crippen LogP contribution in [0.25, 0.3) is 0 Å². The van der Waals surface area contributed by atoms with E-state index in [1.165, 1.54) is 29.7 Å². The van der Waals surface area contributed by atoms with E-state index >= 15 is 0 Å². The minimum Gasteiger partial charge on any atom is -0.374 e. The zero-order chi connectivity index (χ0) is 15.4. The van der Waals surface area contributed by atoms with Gasteiger partial charge < -0.3 is 5.11 Å². The van der Waals surface area contributed by atoms with Crippen LogP contribution in [0.1, 0.15) is 16.2 Å². The van der Waals surface area contributed by atoms with Gasteiger partial charge in [-0.2, -0.15) is 5.10 Å². The smallest absolute Gasteiger partial charge is 0.220 e. The minimum absolute atomic E-state index is 0.0978. The van der Waals surface area contributed by atoms with Gasteiger partial charge in [-0.15, -0.1) is 0 Å². The Labute approximate surface area is 126 Å². The van der Waals surface area contributed by atoms with Gasteiger partial charge >= 0.3 is 0 Å². The molecule has 1 atom stereocenters. The van der Waals surface area contributed by atoms with Gasteiger partial charge in [0.25, 0.3) is 0 Å². The van der Waals surface area contributed by atoms with E-state index in [9.17, 15) is 9.90 Å². The second-order valence-electron chi connectivity index (χ2n) is 4.71. The van der Waals surface area contributed by atoms with E-state index in [4.69, 9.17) is 0 Å². The average molecular weight is 295 g/mol. The van der Waals surface area contributed by atoms with E-state index < -0.39 is 11.4 Å². The highest BCUT2D eigenvalue weighted by molar-refractivity contribution is 6.01. The van der Waals surface area contributed by atoms with Gasteiger partial charge in [0.1, 0.15) is 18.3 Å². The number of hydrogen-bond donors (Lipinski definition) is 1. The van der Waals surface area contributed by atoms with Crippen molar-refractivity contribution in [3.8, 4) is 0 Å². The molecule has 7 heteroatoms. The fraction of sp³-hybridized carbons (Fsp3) is 0.133. The Morgan fingerprint density at radius 3 is 2.50 bits per heavy atom. The highest BCUT2D eigenvalue weighted by Gasteiger charge is 2.41. The molecular weight excluding hydrogens is 282 g/mol. The summed E-state index contributed by atoms with van der Waals surface area (Å²) in [6, 6.07) is 9.96. The first-order chi connectivity index (χ1) is 10.7. The molecule has 1 unspecified atom stereocenters. The lowest BCUT2D eigenvalue weighted by Crippen LogP contribution is -2.41. The van der Waals surface area contributed by atoms with E-state index in [0.29, 0.717) is 0 Å². The van der Waals surface area contributed by atoms with Crippen molar-refractivity contribution in [2.75, 3.05) is 0 Å². The molecule has 0 aliphatic rings. The molecule has 0 saturated carbocycles. The van der Waals surface area contributed by atoms with Crippen molar-refractivity contribution in [2.24, 2.45) is 0 Å². The van der Waals surface area contributed by atoms with Gasteiger partial charge in [-0.1, -0.05) is 12.1 Å². The van der Waals surface area contributed by atoms with Crippen LogP contribution in [0.4, 0.5) is 0 Å². The summed E-state index contributed by atoms with van der Waals surface area (Å²) >= 11 is 0. The molecule has 1 N–H and O–H groups in total. The van der Waals surface area contributed by atoms with Crippen molar-refractivity contribution in [3.63, 3.8) is 0 Å². The largest absolute Gasteiger partial charge is 0.374 e. The zero-order valence-electron chi connectivity index (χ0n) is 11.6. The molecule has 0 radical (unpaired) electrons. The third-order valence-corrected chi connectivity index (χ3v) is 3.22. The first kappa shape index (κ1) is 14.0. The van der Waals surface area contributed by atoms with E-state index in [1.807, 2.05) is 0 Å². The molecule has 0 aliphatic heterocycles. The highest BCUT2D eigenvalue weighted by atomic mass is 16.3. The Kier molecular flexibility index (Phi) is 3.71. The zero-order valence-corrected chi connectivity index (χ0v) is 11.6. The van der Waals surface area contributed by atoms with Crippen LogP contribution in [-0.2, 0) is 12.1 Å². The summed E-state index contributed by atoms with van der Waals surface area (Å²) in [5.41, 5.74) is -1.47. The predicted molar refractivity (Wildman–Crippen MR) is 76.7 cm³/mol. The molecule has 0 amide bonds. The van der Waals surface area contributed by atoms with Gasteiger partial charge in [-0.05, 0) is 24.3 Å². The number of carbonyl (C=O) groups is 1. The molecular formula is C15H13N5O2. The Morgan fingerprint density at radius 1 is 1.14 bits per heavy atom. The second-order valence-corrected chi connectivity index (χ2v) is 4.71. The molecule has 0 aliphatic carbocycles. The van der Waals surface area contributed by atoms with Crippen molar-refractivity contribution in [1.82, 2.24) is 24.7 Å². The summed E-state index contributed by atoms with van der Waals surface area (Å²) in [6.07, 6.45) is 5.79. The SMILES string of the molecule is O=C(c1ccccn1)C(O)(Cn1cncn1)c1ccccn1. The Bertz CT molecular complexity index is 746. The van der Waals surface area contributed by atoms with E-state index in [1.54, 1.807) is 36.4 Å². The van der Waals surface area contributed by atoms with Crippen LogP contribution in [0, 0.1) is 0 Å². The van der Waals surface area contributed by atoms with Crippen molar-refractivity contribution in [1.29, 1.82) is 0 Å². The lowest BCUT2D eigenvalue weighted by Gasteiger charge is -2.25. The number of Topliss-reactive ketones (excluding diaryl/α,β-unsaturated/α-hetero) is 1. The van der Waals surface area contributed by atoms with Crippen LogP contribution < -0.4 is 0 Å². The van der Waals surface area contributed by atoms with Gasteiger partial charge in [0.15, 0.2) is 5.60 Å². The maximum Gasteiger partial charge on any atom is 0.220 e. The molecule has 22 heavy (non-hydrogen) atoms. The number of carbonyl (C=O) groups excluding carboxylic acids is 1. The standard InChI is InChI=1S/C15H13N5O2/c21-14(12-5-1-3-7-17-12)15(22,9-20-11-16-10-19-20)13-6-2-4-8-18-13/h1-8,10-11,22H,9H2. The fourth-order valence-electron chi connectivity index (χ4n) is 2.13. The summed E-state index contributed by atoms with van der Waals surface area (Å²) in [5.74, 6) is -0.540. The number of aliphatic hydroxyl groups is 1. The van der Waals surface area contributed by atoms with Gasteiger partial charge in [-0.25, -0.2) is 9.67 Å². The molecule has 3 aromatic rings. The second kappa shape index (κ2) is 5.82. The normalized spacial score (nSPS) is 13.5. The molecule has 3 aromatic heterocycles. The van der Waals surface area contributed by atoms with Crippen molar-refractivity contribution in [3.05, 3.63) is 72.8 Å². The van der Waals surface area contributed by atoms with Crippen LogP contribution >= 0.6 is 0 Å². The van der Waals surface area contributed by atoms with Crippen LogP contribution in [0.2, 0.25) is 0 Å².